The van der Waals surface area contributed by atoms with Crippen LogP contribution in [0.1, 0.15) is 122 Å². The lowest BCUT2D eigenvalue weighted by Gasteiger charge is -2.18. The first kappa shape index (κ1) is 62.6. The molecule has 3 aromatic rings. The van der Waals surface area contributed by atoms with Crippen molar-refractivity contribution in [1.29, 1.82) is 0 Å². The number of H-pyrrole nitrogens is 1. The van der Waals surface area contributed by atoms with Gasteiger partial charge in [-0.1, -0.05) is 48.0 Å². The van der Waals surface area contributed by atoms with Crippen LogP contribution in [0.5, 0.6) is 0 Å². The molecule has 0 radical (unpaired) electrons. The molecular weight excluding hydrogens is 1010 g/mol. The van der Waals surface area contributed by atoms with E-state index in [4.69, 9.17) is 21.1 Å². The summed E-state index contributed by atoms with van der Waals surface area (Å²) in [7, 11) is 0. The lowest BCUT2D eigenvalue weighted by molar-refractivity contribution is -0.141. The number of carbonyl (C=O) groups excluding carboxylic acids is 6. The Balaban J connectivity index is 0.000000317. The molecule has 0 bridgehead atoms. The van der Waals surface area contributed by atoms with Crippen molar-refractivity contribution in [3.63, 3.8) is 0 Å². The summed E-state index contributed by atoms with van der Waals surface area (Å²) in [4.78, 5) is 141. The minimum Gasteiger partial charge on any atom is -0.481 e. The molecule has 27 heteroatoms. The average molecular weight is 1080 g/mol. The minimum atomic E-state index is -1.46. The monoisotopic (exact) mass is 1080 g/mol. The smallest absolute Gasteiger partial charge is 0.326 e. The van der Waals surface area contributed by atoms with Crippen molar-refractivity contribution < 1.29 is 68.4 Å². The summed E-state index contributed by atoms with van der Waals surface area (Å²) in [6.07, 6.45) is 4.43. The summed E-state index contributed by atoms with van der Waals surface area (Å²) < 4.78 is 0. The highest BCUT2D eigenvalue weighted by atomic mass is 32.2. The van der Waals surface area contributed by atoms with Crippen LogP contribution >= 0.6 is 11.8 Å². The standard InChI is InChI=1S/C22H25N7O5.C14H22N2O8.C13H22N2O2S/c1-11(2)16(30)8-7-15(21(33)34)27-19(31)12-3-5-13(6-4-12)24-9-14-10-25-18-17(26-14)20(32)29-22(23)28-18;1-7(2)10(17)5-3-8(12(20)21)15-14(24)16-9(13(22)23)4-6-11(18)19;1-8(2)10(16)5-3-4-6-11-12-9(7-18-11)14-13(17)15-12/h3-6,10-11,15,24H,7-9H2,1-2H3,(H,27,31)(H,33,34)(H3,23,25,28,29,32);7-9H,3-6H2,1-2H3,(H,18,19)(H,20,21)(H,22,23)(H2,15,16,24);8-9,11-12H,3-7H2,1-2H3,(H2,14,15,17)/t;8-,9-;9-,11-,12-/m.00/s1. The predicted octanol–water partition coefficient (Wildman–Crippen LogP) is 3.10. The van der Waals surface area contributed by atoms with Crippen LogP contribution in [0.2, 0.25) is 0 Å². The molecule has 2 saturated heterocycles. The number of thioether (sulfide) groups is 1. The van der Waals surface area contributed by atoms with Crippen molar-refractivity contribution in [1.82, 2.24) is 46.5 Å². The molecule has 13 N–H and O–H groups in total. The van der Waals surface area contributed by atoms with Crippen LogP contribution in [0.3, 0.4) is 0 Å². The highest BCUT2D eigenvalue weighted by Gasteiger charge is 2.42. The van der Waals surface area contributed by atoms with Gasteiger partial charge in [-0.2, -0.15) is 16.7 Å². The maximum atomic E-state index is 12.5. The van der Waals surface area contributed by atoms with Gasteiger partial charge >= 0.3 is 35.9 Å². The van der Waals surface area contributed by atoms with E-state index in [9.17, 15) is 57.8 Å². The Morgan fingerprint density at radius 1 is 0.697 bits per heavy atom. The van der Waals surface area contributed by atoms with Gasteiger partial charge < -0.3 is 58.1 Å². The van der Waals surface area contributed by atoms with Crippen LogP contribution < -0.4 is 43.2 Å². The van der Waals surface area contributed by atoms with E-state index in [1.807, 2.05) is 30.9 Å². The number of nitrogens with one attached hydrogen (secondary N) is 7. The molecule has 76 heavy (non-hydrogen) atoms. The second kappa shape index (κ2) is 30.6. The largest absolute Gasteiger partial charge is 0.481 e. The zero-order chi connectivity index (χ0) is 56.8. The SMILES string of the molecule is CC(C)C(=O)CCC(NC(=O)c1ccc(NCc2cnc3nc(N)[nH]c(=O)c3n2)cc1)C(=O)O.CC(C)C(=O)CCCC[C@@H]1SC[C@@H]2NC(=O)N[C@@H]21.CC(C)C(=O)CC[C@H](NC(=O)N[C@@H](CCC(=O)O)C(=O)O)C(=O)O. The number of carboxylic acids is 4. The number of unbranched alkanes of at least 4 members (excludes halogenated alkanes) is 1. The average Bonchev–Trinajstić information content (AvgIpc) is 3.92. The van der Waals surface area contributed by atoms with Crippen LogP contribution in [-0.2, 0) is 40.1 Å². The fraction of sp³-hybridized carbons (Fsp3) is 0.551. The summed E-state index contributed by atoms with van der Waals surface area (Å²) in [5.41, 5.74) is 6.66. The van der Waals surface area contributed by atoms with Crippen molar-refractivity contribution in [3.8, 4) is 0 Å². The van der Waals surface area contributed by atoms with E-state index in [0.29, 0.717) is 40.9 Å². The number of fused-ring (bicyclic) bond motifs is 2. The molecule has 5 amide bonds. The fourth-order valence-electron chi connectivity index (χ4n) is 7.35. The number of hydrogen-bond donors (Lipinski definition) is 12. The van der Waals surface area contributed by atoms with Crippen molar-refractivity contribution in [2.75, 3.05) is 16.8 Å². The van der Waals surface area contributed by atoms with Gasteiger partial charge in [0.1, 0.15) is 35.5 Å². The molecule has 2 aliphatic rings. The number of nitrogen functional groups attached to an aromatic ring is 1. The molecule has 2 fully saturated rings. The molecule has 5 rings (SSSR count). The van der Waals surface area contributed by atoms with Crippen LogP contribution in [0.15, 0.2) is 35.3 Å². The molecule has 1 aromatic carbocycles. The number of benzene rings is 1. The van der Waals surface area contributed by atoms with E-state index >= 15 is 0 Å². The number of aliphatic carboxylic acids is 4. The number of aromatic nitrogens is 4. The molecule has 416 valence electrons. The second-order valence-electron chi connectivity index (χ2n) is 18.9. The molecule has 6 atom stereocenters. The van der Waals surface area contributed by atoms with Gasteiger partial charge in [0.05, 0.1) is 30.5 Å². The third-order valence-corrected chi connectivity index (χ3v) is 13.5. The van der Waals surface area contributed by atoms with E-state index in [0.717, 1.165) is 25.0 Å². The number of aromatic amines is 1. The summed E-state index contributed by atoms with van der Waals surface area (Å²) in [6, 6.07) is 1.92. The number of carboxylic acid groups (broad SMARTS) is 4. The highest BCUT2D eigenvalue weighted by Crippen LogP contribution is 2.33. The Morgan fingerprint density at radius 3 is 1.75 bits per heavy atom. The summed E-state index contributed by atoms with van der Waals surface area (Å²) in [5.74, 6) is -4.95. The summed E-state index contributed by atoms with van der Waals surface area (Å²) >= 11 is 1.94. The quantitative estimate of drug-likeness (QED) is 0.0385. The first-order valence-electron chi connectivity index (χ1n) is 24.7. The first-order valence-corrected chi connectivity index (χ1v) is 25.7. The van der Waals surface area contributed by atoms with Crippen molar-refractivity contribution in [3.05, 3.63) is 52.1 Å². The van der Waals surface area contributed by atoms with E-state index in [-0.39, 0.29) is 96.7 Å². The molecule has 2 aromatic heterocycles. The van der Waals surface area contributed by atoms with Gasteiger partial charge in [0, 0.05) is 65.7 Å². The van der Waals surface area contributed by atoms with Gasteiger partial charge in [-0.3, -0.25) is 33.8 Å². The first-order chi connectivity index (χ1) is 35.7. The van der Waals surface area contributed by atoms with E-state index in [2.05, 4.69) is 46.5 Å². The van der Waals surface area contributed by atoms with Gasteiger partial charge in [-0.15, -0.1) is 0 Å². The normalized spacial score (nSPS) is 16.5. The lowest BCUT2D eigenvalue weighted by Crippen LogP contribution is -2.51. The molecule has 0 aliphatic carbocycles. The van der Waals surface area contributed by atoms with Crippen LogP contribution in [0.25, 0.3) is 11.2 Å². The number of carbonyl (C=O) groups is 10. The zero-order valence-electron chi connectivity index (χ0n) is 43.2. The number of urea groups is 2. The summed E-state index contributed by atoms with van der Waals surface area (Å²) in [6.45, 7) is 11.0. The zero-order valence-corrected chi connectivity index (χ0v) is 44.0. The third-order valence-electron chi connectivity index (χ3n) is 12.0. The van der Waals surface area contributed by atoms with Gasteiger partial charge in [-0.25, -0.2) is 33.9 Å². The number of anilines is 2. The number of nitrogens with two attached hydrogens (primary N) is 1. The number of nitrogens with zero attached hydrogens (tertiary/aromatic N) is 3. The Labute approximate surface area is 441 Å². The fourth-order valence-corrected chi connectivity index (χ4v) is 8.90. The van der Waals surface area contributed by atoms with Crippen molar-refractivity contribution >= 4 is 93.8 Å². The topological polar surface area (TPSA) is 421 Å². The summed E-state index contributed by atoms with van der Waals surface area (Å²) in [5, 5.41) is 51.9. The third kappa shape index (κ3) is 21.3. The molecule has 4 heterocycles. The highest BCUT2D eigenvalue weighted by molar-refractivity contribution is 8.00. The Morgan fingerprint density at radius 2 is 1.22 bits per heavy atom. The minimum absolute atomic E-state index is 0.0229. The Bertz CT molecular complexity index is 2610. The number of rotatable bonds is 27. The maximum Gasteiger partial charge on any atom is 0.326 e. The van der Waals surface area contributed by atoms with Gasteiger partial charge in [0.15, 0.2) is 11.2 Å². The molecule has 0 spiro atoms. The Kier molecular flexibility index (Phi) is 25.2. The lowest BCUT2D eigenvalue weighted by atomic mass is 10.00. The maximum absolute atomic E-state index is 12.5. The molecule has 0 saturated carbocycles. The van der Waals surface area contributed by atoms with Crippen LogP contribution in [0, 0.1) is 17.8 Å². The molecular formula is C49H69N11O15S. The molecule has 2 aliphatic heterocycles. The van der Waals surface area contributed by atoms with Gasteiger partial charge in [0.2, 0.25) is 5.95 Å². The Hall–Kier alpha value is -7.71. The van der Waals surface area contributed by atoms with Crippen molar-refractivity contribution in [2.45, 2.75) is 148 Å². The molecule has 26 nitrogen and oxygen atoms in total. The van der Waals surface area contributed by atoms with E-state index in [1.54, 1.807) is 52.0 Å². The van der Waals surface area contributed by atoms with E-state index < -0.39 is 65.9 Å². The van der Waals surface area contributed by atoms with Gasteiger partial charge in [-0.05, 0) is 56.4 Å². The number of Topliss-reactive ketones (excluding diaryl/α,β-unsaturated/α-hetero) is 3. The molecule has 1 unspecified atom stereocenters. The van der Waals surface area contributed by atoms with Crippen molar-refractivity contribution in [2.24, 2.45) is 17.8 Å². The predicted molar refractivity (Wildman–Crippen MR) is 278 cm³/mol. The van der Waals surface area contributed by atoms with Crippen LogP contribution in [0.4, 0.5) is 21.2 Å². The number of amides is 5. The second-order valence-corrected chi connectivity index (χ2v) is 20.2. The van der Waals surface area contributed by atoms with E-state index in [1.165, 1.54) is 6.20 Å². The van der Waals surface area contributed by atoms with Gasteiger partial charge in [0.25, 0.3) is 11.5 Å². The van der Waals surface area contributed by atoms with Crippen LogP contribution in [-0.4, -0.2) is 141 Å². The number of hydrogen-bond acceptors (Lipinski definition) is 17. The number of ketones is 3.